The smallest absolute Gasteiger partial charge is 0.330 e. The molecule has 7 heteroatoms. The molecule has 1 N–H and O–H groups in total. The van der Waals surface area contributed by atoms with Crippen LogP contribution in [0.15, 0.2) is 22.6 Å². The first-order chi connectivity index (χ1) is 9.56. The van der Waals surface area contributed by atoms with Gasteiger partial charge in [-0.2, -0.15) is 0 Å². The lowest BCUT2D eigenvalue weighted by molar-refractivity contribution is -0.139. The molecule has 0 radical (unpaired) electrons. The van der Waals surface area contributed by atoms with Crippen LogP contribution < -0.4 is 5.32 Å². The lowest BCUT2D eigenvalue weighted by Gasteiger charge is -2.11. The Morgan fingerprint density at radius 3 is 2.90 bits per heavy atom. The van der Waals surface area contributed by atoms with Gasteiger partial charge in [-0.1, -0.05) is 0 Å². The molecule has 1 saturated heterocycles. The number of rotatable bonds is 5. The zero-order chi connectivity index (χ0) is 14.5. The van der Waals surface area contributed by atoms with Crippen LogP contribution in [-0.2, 0) is 14.3 Å². The molecular weight excluding hydrogens is 264 g/mol. The third-order valence-electron chi connectivity index (χ3n) is 2.64. The first kappa shape index (κ1) is 13.9. The summed E-state index contributed by atoms with van der Waals surface area (Å²) in [4.78, 5) is 34.9. The zero-order valence-corrected chi connectivity index (χ0v) is 10.9. The van der Waals surface area contributed by atoms with Gasteiger partial charge in [-0.3, -0.25) is 9.69 Å². The summed E-state index contributed by atoms with van der Waals surface area (Å²) < 4.78 is 10.1. The molecule has 1 aliphatic heterocycles. The van der Waals surface area contributed by atoms with Crippen LogP contribution >= 0.6 is 0 Å². The van der Waals surface area contributed by atoms with Crippen LogP contribution in [0.3, 0.4) is 0 Å². The van der Waals surface area contributed by atoms with E-state index in [-0.39, 0.29) is 25.6 Å². The number of amides is 3. The number of carbonyl (C=O) groups is 3. The highest BCUT2D eigenvalue weighted by atomic mass is 16.5. The minimum absolute atomic E-state index is 0.00940. The van der Waals surface area contributed by atoms with E-state index < -0.39 is 12.0 Å². The number of nitrogens with zero attached hydrogens (tertiary/aromatic N) is 1. The van der Waals surface area contributed by atoms with E-state index in [1.807, 2.05) is 0 Å². The number of furan rings is 1. The number of hydrogen-bond acceptors (Lipinski definition) is 5. The predicted molar refractivity (Wildman–Crippen MR) is 68.5 cm³/mol. The fraction of sp³-hybridized carbons (Fsp3) is 0.308. The molecule has 3 amide bonds. The van der Waals surface area contributed by atoms with E-state index >= 15 is 0 Å². The highest BCUT2D eigenvalue weighted by molar-refractivity contribution is 6.01. The summed E-state index contributed by atoms with van der Waals surface area (Å²) in [5.41, 5.74) is 0. The normalized spacial score (nSPS) is 14.9. The summed E-state index contributed by atoms with van der Waals surface area (Å²) in [5.74, 6) is 0.406. The Morgan fingerprint density at radius 2 is 2.30 bits per heavy atom. The lowest BCUT2D eigenvalue weighted by atomic mass is 10.4. The first-order valence-electron chi connectivity index (χ1n) is 6.06. The van der Waals surface area contributed by atoms with Crippen molar-refractivity contribution in [1.82, 2.24) is 10.2 Å². The third-order valence-corrected chi connectivity index (χ3v) is 2.64. The van der Waals surface area contributed by atoms with Crippen molar-refractivity contribution in [2.75, 3.05) is 19.7 Å². The quantitative estimate of drug-likeness (QED) is 0.486. The van der Waals surface area contributed by atoms with Crippen LogP contribution in [0.25, 0.3) is 6.08 Å². The molecule has 1 aliphatic rings. The van der Waals surface area contributed by atoms with Gasteiger partial charge in [0, 0.05) is 6.08 Å². The van der Waals surface area contributed by atoms with Crippen LogP contribution in [0, 0.1) is 6.92 Å². The second-order valence-electron chi connectivity index (χ2n) is 4.15. The maximum absolute atomic E-state index is 11.4. The van der Waals surface area contributed by atoms with Crippen LogP contribution in [-0.4, -0.2) is 42.5 Å². The third kappa shape index (κ3) is 3.47. The Labute approximate surface area is 115 Å². The maximum Gasteiger partial charge on any atom is 0.330 e. The fourth-order valence-electron chi connectivity index (χ4n) is 1.66. The van der Waals surface area contributed by atoms with Gasteiger partial charge in [0.1, 0.15) is 18.1 Å². The molecule has 1 aromatic rings. The summed E-state index contributed by atoms with van der Waals surface area (Å²) in [6.45, 7) is 1.79. The van der Waals surface area contributed by atoms with Gasteiger partial charge in [0.25, 0.3) is 0 Å². The standard InChI is InChI=1S/C13H14N2O5/c1-9-2-3-10(20-9)4-5-12(17)19-7-6-15-11(16)8-14-13(15)18/h2-5H,6-8H2,1H3,(H,14,18)/b5-4+. The number of nitrogens with one attached hydrogen (secondary N) is 1. The Hall–Kier alpha value is -2.57. The molecule has 106 valence electrons. The monoisotopic (exact) mass is 278 g/mol. The van der Waals surface area contributed by atoms with Crippen LogP contribution in [0.5, 0.6) is 0 Å². The first-order valence-corrected chi connectivity index (χ1v) is 6.06. The summed E-state index contributed by atoms with van der Waals surface area (Å²) in [6.07, 6.45) is 2.72. The van der Waals surface area contributed by atoms with Gasteiger partial charge in [0.05, 0.1) is 13.1 Å². The van der Waals surface area contributed by atoms with Crippen LogP contribution in [0.2, 0.25) is 0 Å². The summed E-state index contributed by atoms with van der Waals surface area (Å²) in [6, 6.07) is 3.04. The van der Waals surface area contributed by atoms with Crippen LogP contribution in [0.4, 0.5) is 4.79 Å². The molecule has 0 aliphatic carbocycles. The second-order valence-corrected chi connectivity index (χ2v) is 4.15. The van der Waals surface area contributed by atoms with Gasteiger partial charge >= 0.3 is 12.0 Å². The molecule has 0 unspecified atom stereocenters. The summed E-state index contributed by atoms with van der Waals surface area (Å²) in [5, 5.41) is 2.38. The van der Waals surface area contributed by atoms with Crippen molar-refractivity contribution >= 4 is 24.0 Å². The van der Waals surface area contributed by atoms with Gasteiger partial charge in [-0.15, -0.1) is 0 Å². The van der Waals surface area contributed by atoms with Crippen LogP contribution in [0.1, 0.15) is 11.5 Å². The molecule has 0 bridgehead atoms. The Bertz CT molecular complexity index is 545. The molecule has 2 rings (SSSR count). The zero-order valence-electron chi connectivity index (χ0n) is 10.9. The lowest BCUT2D eigenvalue weighted by Crippen LogP contribution is -2.34. The Morgan fingerprint density at radius 1 is 1.50 bits per heavy atom. The highest BCUT2D eigenvalue weighted by Gasteiger charge is 2.27. The molecule has 1 fully saturated rings. The SMILES string of the molecule is Cc1ccc(/C=C/C(=O)OCCN2C(=O)CNC2=O)o1. The molecular formula is C13H14N2O5. The second kappa shape index (κ2) is 6.05. The van der Waals surface area contributed by atoms with Gasteiger partial charge in [0.2, 0.25) is 5.91 Å². The van der Waals surface area contributed by atoms with Gasteiger partial charge in [-0.25, -0.2) is 9.59 Å². The van der Waals surface area contributed by atoms with Crippen molar-refractivity contribution < 1.29 is 23.5 Å². The largest absolute Gasteiger partial charge is 0.462 e. The van der Waals surface area contributed by atoms with Crippen molar-refractivity contribution in [2.45, 2.75) is 6.92 Å². The highest BCUT2D eigenvalue weighted by Crippen LogP contribution is 2.07. The minimum Gasteiger partial charge on any atom is -0.462 e. The van der Waals surface area contributed by atoms with E-state index in [0.29, 0.717) is 5.76 Å². The van der Waals surface area contributed by atoms with Crippen molar-refractivity contribution in [3.63, 3.8) is 0 Å². The number of esters is 1. The van der Waals surface area contributed by atoms with Gasteiger partial charge < -0.3 is 14.5 Å². The molecule has 7 nitrogen and oxygen atoms in total. The van der Waals surface area contributed by atoms with Crippen molar-refractivity contribution in [3.05, 3.63) is 29.7 Å². The molecule has 1 aromatic heterocycles. The van der Waals surface area contributed by atoms with Crippen molar-refractivity contribution in [2.24, 2.45) is 0 Å². The van der Waals surface area contributed by atoms with Crippen molar-refractivity contribution in [3.8, 4) is 0 Å². The number of hydrogen-bond donors (Lipinski definition) is 1. The number of imide groups is 1. The van der Waals surface area contributed by atoms with E-state index in [2.05, 4.69) is 5.32 Å². The molecule has 0 atom stereocenters. The van der Waals surface area contributed by atoms with Gasteiger partial charge in [-0.05, 0) is 25.1 Å². The van der Waals surface area contributed by atoms with E-state index in [4.69, 9.17) is 9.15 Å². The number of aryl methyl sites for hydroxylation is 1. The van der Waals surface area contributed by atoms with Gasteiger partial charge in [0.15, 0.2) is 0 Å². The average Bonchev–Trinajstić information content (AvgIpc) is 2.96. The number of ether oxygens (including phenoxy) is 1. The molecule has 0 spiro atoms. The fourth-order valence-corrected chi connectivity index (χ4v) is 1.66. The molecule has 2 heterocycles. The topological polar surface area (TPSA) is 88.9 Å². The average molecular weight is 278 g/mol. The van der Waals surface area contributed by atoms with E-state index in [1.165, 1.54) is 12.2 Å². The molecule has 0 aromatic carbocycles. The number of carbonyl (C=O) groups excluding carboxylic acids is 3. The molecule has 0 saturated carbocycles. The Kier molecular flexibility index (Phi) is 4.19. The van der Waals surface area contributed by atoms with E-state index in [0.717, 1.165) is 10.7 Å². The predicted octanol–water partition coefficient (Wildman–Crippen LogP) is 0.696. The number of urea groups is 1. The van der Waals surface area contributed by atoms with Crippen molar-refractivity contribution in [1.29, 1.82) is 0 Å². The van der Waals surface area contributed by atoms with E-state index in [9.17, 15) is 14.4 Å². The minimum atomic E-state index is -0.564. The maximum atomic E-state index is 11.4. The Balaban J connectivity index is 1.74. The summed E-state index contributed by atoms with van der Waals surface area (Å²) in [7, 11) is 0. The molecule has 20 heavy (non-hydrogen) atoms. The van der Waals surface area contributed by atoms with E-state index in [1.54, 1.807) is 19.1 Å². The summed E-state index contributed by atoms with van der Waals surface area (Å²) >= 11 is 0.